The molecule has 1 aromatic rings. The van der Waals surface area contributed by atoms with E-state index in [-0.39, 0.29) is 12.3 Å². The summed E-state index contributed by atoms with van der Waals surface area (Å²) in [6.07, 6.45) is 0. The lowest BCUT2D eigenvalue weighted by Crippen LogP contribution is -2.08. The highest BCUT2D eigenvalue weighted by Crippen LogP contribution is 2.07. The number of rotatable bonds is 2. The van der Waals surface area contributed by atoms with Gasteiger partial charge in [-0.3, -0.25) is 9.97 Å². The highest BCUT2D eigenvalue weighted by atomic mass is 16.5. The number of esters is 1. The second-order valence-electron chi connectivity index (χ2n) is 2.02. The van der Waals surface area contributed by atoms with Crippen LogP contribution >= 0.6 is 0 Å². The summed E-state index contributed by atoms with van der Waals surface area (Å²) in [6.45, 7) is 1.81. The van der Waals surface area contributed by atoms with E-state index in [1.165, 1.54) is 0 Å². The molecule has 0 aromatic carbocycles. The molecule has 0 spiro atoms. The Morgan fingerprint density at radius 2 is 2.25 bits per heavy atom. The third-order valence-electron chi connectivity index (χ3n) is 1.19. The number of aromatic amines is 2. The summed E-state index contributed by atoms with van der Waals surface area (Å²) in [4.78, 5) is 25.5. The Balaban J connectivity index is 2.94. The summed E-state index contributed by atoms with van der Waals surface area (Å²) in [6, 6.07) is 0. The predicted molar refractivity (Wildman–Crippen MR) is 39.0 cm³/mol. The number of imidazole rings is 1. The van der Waals surface area contributed by atoms with Crippen LogP contribution in [0.25, 0.3) is 0 Å². The minimum absolute atomic E-state index is 0.186. The van der Waals surface area contributed by atoms with Crippen LogP contribution in [0.15, 0.2) is 4.79 Å². The first-order valence-corrected chi connectivity index (χ1v) is 3.33. The van der Waals surface area contributed by atoms with Crippen LogP contribution in [0.2, 0.25) is 0 Å². The minimum atomic E-state index is -0.756. The van der Waals surface area contributed by atoms with Gasteiger partial charge in [0, 0.05) is 0 Å². The van der Waals surface area contributed by atoms with Gasteiger partial charge >= 0.3 is 11.7 Å². The summed E-state index contributed by atoms with van der Waals surface area (Å²) in [5, 5.41) is 8.94. The Kier molecular flexibility index (Phi) is 2.18. The van der Waals surface area contributed by atoms with Gasteiger partial charge in [-0.2, -0.15) is 0 Å². The number of nitrogens with one attached hydrogen (secondary N) is 2. The third-order valence-corrected chi connectivity index (χ3v) is 1.19. The van der Waals surface area contributed by atoms with E-state index in [0.717, 1.165) is 0 Å². The molecule has 1 aromatic heterocycles. The van der Waals surface area contributed by atoms with Crippen molar-refractivity contribution in [2.45, 2.75) is 6.92 Å². The van der Waals surface area contributed by atoms with Crippen molar-refractivity contribution in [1.82, 2.24) is 9.97 Å². The van der Waals surface area contributed by atoms with E-state index < -0.39 is 17.5 Å². The lowest BCUT2D eigenvalue weighted by Gasteiger charge is -1.97. The average Bonchev–Trinajstić information content (AvgIpc) is 2.30. The molecule has 1 rings (SSSR count). The number of hydrogen-bond donors (Lipinski definition) is 3. The molecule has 0 unspecified atom stereocenters. The number of carbonyl (C=O) groups excluding carboxylic acids is 1. The number of carbonyl (C=O) groups is 1. The molecule has 0 saturated heterocycles. The predicted octanol–water partition coefficient (Wildman–Crippen LogP) is -0.415. The van der Waals surface area contributed by atoms with Crippen molar-refractivity contribution >= 4 is 5.97 Å². The molecule has 1 heterocycles. The van der Waals surface area contributed by atoms with Crippen LogP contribution < -0.4 is 5.69 Å². The summed E-state index contributed by atoms with van der Waals surface area (Å²) < 4.78 is 4.53. The largest absolute Gasteiger partial charge is 0.493 e. The van der Waals surface area contributed by atoms with Crippen LogP contribution in [-0.4, -0.2) is 27.7 Å². The number of aromatic nitrogens is 2. The Morgan fingerprint density at radius 1 is 1.58 bits per heavy atom. The van der Waals surface area contributed by atoms with Crippen molar-refractivity contribution in [3.8, 4) is 5.88 Å². The lowest BCUT2D eigenvalue weighted by atomic mass is 10.5. The Hall–Kier alpha value is -1.72. The smallest absolute Gasteiger partial charge is 0.360 e. The normalized spacial score (nSPS) is 9.75. The molecular formula is C6H8N2O4. The lowest BCUT2D eigenvalue weighted by molar-refractivity contribution is 0.0516. The van der Waals surface area contributed by atoms with Crippen LogP contribution in [-0.2, 0) is 4.74 Å². The third kappa shape index (κ3) is 1.47. The minimum Gasteiger partial charge on any atom is -0.493 e. The molecule has 3 N–H and O–H groups in total. The number of ether oxygens (including phenoxy) is 1. The molecule has 0 fully saturated rings. The number of aromatic hydroxyl groups is 1. The van der Waals surface area contributed by atoms with Gasteiger partial charge in [-0.15, -0.1) is 0 Å². The Bertz CT molecular complexity index is 338. The maximum atomic E-state index is 10.9. The Labute approximate surface area is 67.2 Å². The summed E-state index contributed by atoms with van der Waals surface area (Å²) >= 11 is 0. The Morgan fingerprint density at radius 3 is 2.67 bits per heavy atom. The molecule has 66 valence electrons. The van der Waals surface area contributed by atoms with Gasteiger partial charge in [0.2, 0.25) is 5.88 Å². The van der Waals surface area contributed by atoms with E-state index in [4.69, 9.17) is 5.11 Å². The first kappa shape index (κ1) is 8.38. The zero-order chi connectivity index (χ0) is 9.14. The second kappa shape index (κ2) is 3.12. The van der Waals surface area contributed by atoms with Gasteiger partial charge in [-0.25, -0.2) is 9.59 Å². The summed E-state index contributed by atoms with van der Waals surface area (Å²) in [7, 11) is 0. The molecule has 0 saturated carbocycles. The molecule has 0 amide bonds. The standard InChI is InChI=1S/C6H8N2O4/c1-2-12-5(10)3-4(9)8-6(11)7-3/h9H,2H2,1H3,(H2,7,8,11). The first-order valence-electron chi connectivity index (χ1n) is 3.33. The zero-order valence-corrected chi connectivity index (χ0v) is 6.38. The fourth-order valence-corrected chi connectivity index (χ4v) is 0.725. The number of hydrogen-bond acceptors (Lipinski definition) is 4. The zero-order valence-electron chi connectivity index (χ0n) is 6.38. The fourth-order valence-electron chi connectivity index (χ4n) is 0.725. The molecule has 0 aliphatic heterocycles. The summed E-state index contributed by atoms with van der Waals surface area (Å²) in [5.41, 5.74) is -0.891. The van der Waals surface area contributed by atoms with Gasteiger partial charge < -0.3 is 9.84 Å². The van der Waals surface area contributed by atoms with E-state index in [2.05, 4.69) is 9.72 Å². The molecule has 6 heteroatoms. The van der Waals surface area contributed by atoms with Gasteiger partial charge in [0.05, 0.1) is 6.61 Å². The van der Waals surface area contributed by atoms with Gasteiger partial charge in [-0.05, 0) is 6.92 Å². The van der Waals surface area contributed by atoms with E-state index in [1.807, 2.05) is 4.98 Å². The highest BCUT2D eigenvalue weighted by Gasteiger charge is 2.15. The van der Waals surface area contributed by atoms with Crippen molar-refractivity contribution in [3.63, 3.8) is 0 Å². The molecule has 0 bridgehead atoms. The maximum Gasteiger partial charge on any atom is 0.360 e. The molecule has 6 nitrogen and oxygen atoms in total. The van der Waals surface area contributed by atoms with Gasteiger partial charge in [0.1, 0.15) is 0 Å². The average molecular weight is 172 g/mol. The van der Waals surface area contributed by atoms with Crippen LogP contribution in [0.4, 0.5) is 0 Å². The van der Waals surface area contributed by atoms with Crippen LogP contribution in [0, 0.1) is 0 Å². The van der Waals surface area contributed by atoms with Gasteiger partial charge in [0.25, 0.3) is 0 Å². The highest BCUT2D eigenvalue weighted by molar-refractivity contribution is 5.89. The van der Waals surface area contributed by atoms with Crippen molar-refractivity contribution < 1.29 is 14.6 Å². The second-order valence-corrected chi connectivity index (χ2v) is 2.02. The molecule has 0 radical (unpaired) electrons. The first-order chi connectivity index (χ1) is 5.65. The van der Waals surface area contributed by atoms with E-state index in [0.29, 0.717) is 0 Å². The molecule has 12 heavy (non-hydrogen) atoms. The number of H-pyrrole nitrogens is 2. The topological polar surface area (TPSA) is 95.2 Å². The monoisotopic (exact) mass is 172 g/mol. The van der Waals surface area contributed by atoms with Gasteiger partial charge in [-0.1, -0.05) is 0 Å². The van der Waals surface area contributed by atoms with Crippen LogP contribution in [0.3, 0.4) is 0 Å². The quantitative estimate of drug-likeness (QED) is 0.528. The summed E-state index contributed by atoms with van der Waals surface area (Å²) in [5.74, 6) is -1.26. The van der Waals surface area contributed by atoms with E-state index >= 15 is 0 Å². The molecule has 0 aliphatic carbocycles. The van der Waals surface area contributed by atoms with E-state index in [9.17, 15) is 9.59 Å². The van der Waals surface area contributed by atoms with Crippen molar-refractivity contribution in [2.24, 2.45) is 0 Å². The molecule has 0 atom stereocenters. The maximum absolute atomic E-state index is 10.9. The SMILES string of the molecule is CCOC(=O)c1[nH]c(=O)[nH]c1O. The molecular weight excluding hydrogens is 164 g/mol. The van der Waals surface area contributed by atoms with Crippen LogP contribution in [0.5, 0.6) is 5.88 Å². The molecule has 0 aliphatic rings. The van der Waals surface area contributed by atoms with Crippen molar-refractivity contribution in [1.29, 1.82) is 0 Å². The van der Waals surface area contributed by atoms with Crippen LogP contribution in [0.1, 0.15) is 17.4 Å². The van der Waals surface area contributed by atoms with Gasteiger partial charge in [0.15, 0.2) is 5.69 Å². The van der Waals surface area contributed by atoms with Crippen molar-refractivity contribution in [3.05, 3.63) is 16.2 Å². The fraction of sp³-hybridized carbons (Fsp3) is 0.333. The van der Waals surface area contributed by atoms with Crippen molar-refractivity contribution in [2.75, 3.05) is 6.61 Å². The van der Waals surface area contributed by atoms with E-state index in [1.54, 1.807) is 6.92 Å².